The Balaban J connectivity index is 1.91. The molecule has 0 fully saturated rings. The first-order valence-corrected chi connectivity index (χ1v) is 7.26. The Bertz CT molecular complexity index is 496. The molecule has 0 saturated carbocycles. The van der Waals surface area contributed by atoms with Gasteiger partial charge in [0.1, 0.15) is 0 Å². The van der Waals surface area contributed by atoms with Gasteiger partial charge >= 0.3 is 0 Å². The van der Waals surface area contributed by atoms with E-state index >= 15 is 0 Å². The number of ketones is 1. The average Bonchev–Trinajstić information content (AvgIpc) is 2.50. The monoisotopic (exact) mass is 275 g/mol. The van der Waals surface area contributed by atoms with E-state index in [-0.39, 0.29) is 24.5 Å². The van der Waals surface area contributed by atoms with Crippen molar-refractivity contribution in [3.63, 3.8) is 0 Å². The Labute approximate surface area is 119 Å². The average molecular weight is 275 g/mol. The topological polar surface area (TPSA) is 55.4 Å². The Morgan fingerprint density at radius 1 is 1.15 bits per heavy atom. The first kappa shape index (κ1) is 14.7. The molecule has 0 aliphatic heterocycles. The standard InChI is InChI=1S/C16H21NO3/c1-2-20-17-16(19)10-9-15(18)14-8-7-12-5-3-4-6-13(12)11-14/h7-8,11H,2-6,9-10H2,1H3,(H,17,19). The maximum absolute atomic E-state index is 12.1. The fourth-order valence-corrected chi connectivity index (χ4v) is 2.48. The highest BCUT2D eigenvalue weighted by molar-refractivity contribution is 5.98. The highest BCUT2D eigenvalue weighted by Crippen LogP contribution is 2.22. The molecule has 0 aromatic heterocycles. The van der Waals surface area contributed by atoms with Gasteiger partial charge in [-0.1, -0.05) is 12.1 Å². The normalized spacial score (nSPS) is 13.7. The Morgan fingerprint density at radius 2 is 1.90 bits per heavy atom. The van der Waals surface area contributed by atoms with Crippen LogP contribution in [0.3, 0.4) is 0 Å². The number of hydrogen-bond acceptors (Lipinski definition) is 3. The van der Waals surface area contributed by atoms with E-state index < -0.39 is 0 Å². The van der Waals surface area contributed by atoms with Gasteiger partial charge in [-0.2, -0.15) is 0 Å². The van der Waals surface area contributed by atoms with Crippen LogP contribution >= 0.6 is 0 Å². The van der Waals surface area contributed by atoms with Crippen LogP contribution in [0.5, 0.6) is 0 Å². The van der Waals surface area contributed by atoms with Crippen molar-refractivity contribution in [1.29, 1.82) is 0 Å². The number of aryl methyl sites for hydroxylation is 2. The molecule has 0 radical (unpaired) electrons. The molecule has 0 unspecified atom stereocenters. The third kappa shape index (κ3) is 3.90. The molecule has 1 aliphatic rings. The van der Waals surface area contributed by atoms with Crippen molar-refractivity contribution < 1.29 is 14.4 Å². The van der Waals surface area contributed by atoms with E-state index in [0.29, 0.717) is 6.61 Å². The summed E-state index contributed by atoms with van der Waals surface area (Å²) in [6.07, 6.45) is 4.98. The SMILES string of the molecule is CCONC(=O)CCC(=O)c1ccc2c(c1)CCCC2. The van der Waals surface area contributed by atoms with Crippen LogP contribution in [0.2, 0.25) is 0 Å². The number of Topliss-reactive ketones (excluding diaryl/α,β-unsaturated/α-hetero) is 1. The molecule has 0 bridgehead atoms. The number of fused-ring (bicyclic) bond motifs is 1. The number of nitrogens with one attached hydrogen (secondary N) is 1. The molecule has 20 heavy (non-hydrogen) atoms. The summed E-state index contributed by atoms with van der Waals surface area (Å²) in [6.45, 7) is 2.21. The first-order valence-electron chi connectivity index (χ1n) is 7.26. The second-order valence-electron chi connectivity index (χ2n) is 5.07. The van der Waals surface area contributed by atoms with Crippen LogP contribution in [0.4, 0.5) is 0 Å². The second kappa shape index (κ2) is 7.20. The molecular formula is C16H21NO3. The molecule has 0 saturated heterocycles. The zero-order valence-corrected chi connectivity index (χ0v) is 11.9. The summed E-state index contributed by atoms with van der Waals surface area (Å²) in [6, 6.07) is 5.94. The van der Waals surface area contributed by atoms with Gasteiger partial charge in [-0.25, -0.2) is 5.48 Å². The van der Waals surface area contributed by atoms with E-state index in [1.165, 1.54) is 24.0 Å². The fraction of sp³-hybridized carbons (Fsp3) is 0.500. The highest BCUT2D eigenvalue weighted by Gasteiger charge is 2.14. The number of amides is 1. The van der Waals surface area contributed by atoms with Gasteiger partial charge in [0.25, 0.3) is 0 Å². The van der Waals surface area contributed by atoms with Gasteiger partial charge in [-0.05, 0) is 49.8 Å². The number of carbonyl (C=O) groups is 2. The summed E-state index contributed by atoms with van der Waals surface area (Å²) < 4.78 is 0. The third-order valence-corrected chi connectivity index (χ3v) is 3.58. The van der Waals surface area contributed by atoms with Crippen LogP contribution in [-0.4, -0.2) is 18.3 Å². The number of carbonyl (C=O) groups excluding carboxylic acids is 2. The van der Waals surface area contributed by atoms with Crippen LogP contribution in [-0.2, 0) is 22.5 Å². The van der Waals surface area contributed by atoms with Crippen LogP contribution < -0.4 is 5.48 Å². The lowest BCUT2D eigenvalue weighted by Crippen LogP contribution is -2.24. The molecule has 0 atom stereocenters. The molecular weight excluding hydrogens is 254 g/mol. The first-order chi connectivity index (χ1) is 9.70. The lowest BCUT2D eigenvalue weighted by Gasteiger charge is -2.16. The molecule has 2 rings (SSSR count). The number of hydroxylamine groups is 1. The molecule has 4 heteroatoms. The summed E-state index contributed by atoms with van der Waals surface area (Å²) in [5.74, 6) is -0.233. The van der Waals surface area contributed by atoms with Crippen molar-refractivity contribution >= 4 is 11.7 Å². The minimum Gasteiger partial charge on any atom is -0.294 e. The van der Waals surface area contributed by atoms with E-state index in [9.17, 15) is 9.59 Å². The fourth-order valence-electron chi connectivity index (χ4n) is 2.48. The predicted octanol–water partition coefficient (Wildman–Crippen LogP) is 2.60. The van der Waals surface area contributed by atoms with Crippen LogP contribution in [0.15, 0.2) is 18.2 Å². The van der Waals surface area contributed by atoms with Gasteiger partial charge in [0, 0.05) is 18.4 Å². The quantitative estimate of drug-likeness (QED) is 0.641. The maximum Gasteiger partial charge on any atom is 0.243 e. The van der Waals surface area contributed by atoms with Crippen molar-refractivity contribution in [2.45, 2.75) is 45.4 Å². The van der Waals surface area contributed by atoms with Gasteiger partial charge < -0.3 is 0 Å². The zero-order valence-electron chi connectivity index (χ0n) is 11.9. The van der Waals surface area contributed by atoms with E-state index in [4.69, 9.17) is 4.84 Å². The Hall–Kier alpha value is -1.68. The molecule has 0 spiro atoms. The van der Waals surface area contributed by atoms with Crippen LogP contribution in [0, 0.1) is 0 Å². The second-order valence-corrected chi connectivity index (χ2v) is 5.07. The van der Waals surface area contributed by atoms with Gasteiger partial charge in [0.05, 0.1) is 6.61 Å². The highest BCUT2D eigenvalue weighted by atomic mass is 16.6. The number of rotatable bonds is 6. The Kier molecular flexibility index (Phi) is 5.30. The summed E-state index contributed by atoms with van der Waals surface area (Å²) in [5, 5.41) is 0. The molecule has 1 N–H and O–H groups in total. The zero-order chi connectivity index (χ0) is 14.4. The largest absolute Gasteiger partial charge is 0.294 e. The van der Waals surface area contributed by atoms with Crippen molar-refractivity contribution in [3.05, 3.63) is 34.9 Å². The summed E-state index contributed by atoms with van der Waals surface area (Å²) in [7, 11) is 0. The van der Waals surface area contributed by atoms with Crippen molar-refractivity contribution in [2.24, 2.45) is 0 Å². The Morgan fingerprint density at radius 3 is 2.65 bits per heavy atom. The lowest BCUT2D eigenvalue weighted by atomic mass is 9.89. The molecule has 1 aromatic rings. The minimum absolute atomic E-state index is 0.0185. The van der Waals surface area contributed by atoms with Gasteiger partial charge in [0.15, 0.2) is 5.78 Å². The van der Waals surface area contributed by atoms with E-state index in [0.717, 1.165) is 18.4 Å². The van der Waals surface area contributed by atoms with Crippen LogP contribution in [0.1, 0.15) is 54.1 Å². The summed E-state index contributed by atoms with van der Waals surface area (Å²) in [5.41, 5.74) is 5.67. The van der Waals surface area contributed by atoms with Gasteiger partial charge in [-0.3, -0.25) is 14.4 Å². The van der Waals surface area contributed by atoms with Crippen molar-refractivity contribution in [3.8, 4) is 0 Å². The molecule has 4 nitrogen and oxygen atoms in total. The van der Waals surface area contributed by atoms with Crippen LogP contribution in [0.25, 0.3) is 0 Å². The molecule has 1 amide bonds. The third-order valence-electron chi connectivity index (χ3n) is 3.58. The smallest absolute Gasteiger partial charge is 0.243 e. The lowest BCUT2D eigenvalue weighted by molar-refractivity contribution is -0.133. The number of hydrogen-bond donors (Lipinski definition) is 1. The maximum atomic E-state index is 12.1. The van der Waals surface area contributed by atoms with E-state index in [1.807, 2.05) is 12.1 Å². The molecule has 0 heterocycles. The number of benzene rings is 1. The van der Waals surface area contributed by atoms with E-state index in [1.54, 1.807) is 6.92 Å². The molecule has 1 aliphatic carbocycles. The predicted molar refractivity (Wildman–Crippen MR) is 76.4 cm³/mol. The summed E-state index contributed by atoms with van der Waals surface area (Å²) >= 11 is 0. The van der Waals surface area contributed by atoms with Gasteiger partial charge in [-0.15, -0.1) is 0 Å². The van der Waals surface area contributed by atoms with Crippen molar-refractivity contribution in [2.75, 3.05) is 6.61 Å². The van der Waals surface area contributed by atoms with Gasteiger partial charge in [0.2, 0.25) is 5.91 Å². The van der Waals surface area contributed by atoms with E-state index in [2.05, 4.69) is 11.5 Å². The molecule has 108 valence electrons. The minimum atomic E-state index is -0.252. The molecule has 1 aromatic carbocycles. The van der Waals surface area contributed by atoms with Crippen molar-refractivity contribution in [1.82, 2.24) is 5.48 Å². The summed E-state index contributed by atoms with van der Waals surface area (Å²) in [4.78, 5) is 28.3.